The molecule has 0 aliphatic carbocycles. The molecule has 3 aromatic heterocycles. The first-order valence-corrected chi connectivity index (χ1v) is 9.97. The molecule has 6 rings (SSSR count). The highest BCUT2D eigenvalue weighted by atomic mass is 19.1. The molecule has 8 heteroatoms. The fourth-order valence-electron chi connectivity index (χ4n) is 4.20. The maximum Gasteiger partial charge on any atom is 0.167 e. The summed E-state index contributed by atoms with van der Waals surface area (Å²) in [7, 11) is 0. The van der Waals surface area contributed by atoms with Gasteiger partial charge in [-0.05, 0) is 48.9 Å². The Labute approximate surface area is 174 Å². The normalized spacial score (nSPS) is 11.9. The van der Waals surface area contributed by atoms with Crippen molar-refractivity contribution in [3.63, 3.8) is 0 Å². The molecule has 2 N–H and O–H groups in total. The summed E-state index contributed by atoms with van der Waals surface area (Å²) < 4.78 is 36.1. The van der Waals surface area contributed by atoms with E-state index in [0.717, 1.165) is 56.6 Å². The maximum absolute atomic E-state index is 14.0. The van der Waals surface area contributed by atoms with Crippen LogP contribution in [0.4, 0.5) is 8.78 Å². The van der Waals surface area contributed by atoms with Gasteiger partial charge >= 0.3 is 0 Å². The van der Waals surface area contributed by atoms with Gasteiger partial charge < -0.3 is 19.3 Å². The van der Waals surface area contributed by atoms with Crippen molar-refractivity contribution in [3.05, 3.63) is 66.8 Å². The van der Waals surface area contributed by atoms with Gasteiger partial charge in [0.15, 0.2) is 5.75 Å². The van der Waals surface area contributed by atoms with Crippen molar-refractivity contribution in [1.29, 1.82) is 0 Å². The minimum Gasteiger partial charge on any atom is -0.489 e. The van der Waals surface area contributed by atoms with Crippen molar-refractivity contribution in [2.24, 2.45) is 0 Å². The lowest BCUT2D eigenvalue weighted by molar-refractivity contribution is 0.307. The summed E-state index contributed by atoms with van der Waals surface area (Å²) in [4.78, 5) is 6.73. The Kier molecular flexibility index (Phi) is 3.92. The molecule has 0 radical (unpaired) electrons. The second-order valence-corrected chi connectivity index (χ2v) is 7.58. The van der Waals surface area contributed by atoms with Crippen LogP contribution in [0, 0.1) is 11.6 Å². The number of hydrogen-bond acceptors (Lipinski definition) is 3. The maximum atomic E-state index is 14.0. The number of aryl methyl sites for hydroxylation is 1. The van der Waals surface area contributed by atoms with E-state index in [1.54, 1.807) is 24.8 Å². The molecule has 6 nitrogen and oxygen atoms in total. The standard InChI is InChI=1S/C23H17F2N5O/c24-13-2-4-19-15(8-13)17-10-18-16-9-14(25)3-5-20(16)29-22(18)23(21(17)28-19)31-7-1-6-30-11-26-27-12-30/h2-5,8-12,28-29H,1,6-7H2. The smallest absolute Gasteiger partial charge is 0.167 e. The van der Waals surface area contributed by atoms with Crippen LogP contribution in [0.25, 0.3) is 43.6 Å². The van der Waals surface area contributed by atoms with Crippen LogP contribution in [0.5, 0.6) is 5.75 Å². The summed E-state index contributed by atoms with van der Waals surface area (Å²) in [6.45, 7) is 1.18. The zero-order valence-electron chi connectivity index (χ0n) is 16.3. The zero-order chi connectivity index (χ0) is 20.9. The number of nitrogens with one attached hydrogen (secondary N) is 2. The lowest BCUT2D eigenvalue weighted by Crippen LogP contribution is -2.04. The van der Waals surface area contributed by atoms with Crippen LogP contribution in [-0.4, -0.2) is 31.3 Å². The molecule has 3 aromatic carbocycles. The molecule has 6 aromatic rings. The van der Waals surface area contributed by atoms with Gasteiger partial charge in [-0.15, -0.1) is 10.2 Å². The Morgan fingerprint density at radius 3 is 1.94 bits per heavy atom. The third kappa shape index (κ3) is 2.91. The number of ether oxygens (including phenoxy) is 1. The summed E-state index contributed by atoms with van der Waals surface area (Å²) in [6.07, 6.45) is 4.08. The minimum absolute atomic E-state index is 0.310. The van der Waals surface area contributed by atoms with Gasteiger partial charge in [0.1, 0.15) is 24.3 Å². The van der Waals surface area contributed by atoms with Gasteiger partial charge in [0.25, 0.3) is 0 Å². The first-order chi connectivity index (χ1) is 15.2. The molecule has 0 fully saturated rings. The van der Waals surface area contributed by atoms with Crippen LogP contribution in [0.3, 0.4) is 0 Å². The molecule has 0 bridgehead atoms. The molecule has 3 heterocycles. The predicted molar refractivity (Wildman–Crippen MR) is 115 cm³/mol. The van der Waals surface area contributed by atoms with E-state index in [4.69, 9.17) is 4.74 Å². The van der Waals surface area contributed by atoms with E-state index < -0.39 is 0 Å². The zero-order valence-corrected chi connectivity index (χ0v) is 16.3. The van der Waals surface area contributed by atoms with Crippen LogP contribution in [0.15, 0.2) is 55.1 Å². The molecule has 0 aliphatic heterocycles. The second kappa shape index (κ2) is 6.80. The lowest BCUT2D eigenvalue weighted by atomic mass is 10.1. The number of H-pyrrole nitrogens is 2. The van der Waals surface area contributed by atoms with E-state index in [2.05, 4.69) is 20.2 Å². The van der Waals surface area contributed by atoms with Crippen molar-refractivity contribution in [1.82, 2.24) is 24.7 Å². The van der Waals surface area contributed by atoms with E-state index in [1.807, 2.05) is 10.6 Å². The van der Waals surface area contributed by atoms with Crippen molar-refractivity contribution in [3.8, 4) is 5.75 Å². The van der Waals surface area contributed by atoms with Crippen molar-refractivity contribution < 1.29 is 13.5 Å². The molecular formula is C23H17F2N5O. The molecule has 0 aliphatic rings. The average molecular weight is 417 g/mol. The Bertz CT molecular complexity index is 1470. The fourth-order valence-corrected chi connectivity index (χ4v) is 4.20. The van der Waals surface area contributed by atoms with Crippen LogP contribution < -0.4 is 4.74 Å². The van der Waals surface area contributed by atoms with Gasteiger partial charge in [0.2, 0.25) is 0 Å². The quantitative estimate of drug-likeness (QED) is 0.374. The number of fused-ring (bicyclic) bond motifs is 6. The summed E-state index contributed by atoms with van der Waals surface area (Å²) in [5, 5.41) is 10.8. The lowest BCUT2D eigenvalue weighted by Gasteiger charge is -2.09. The highest BCUT2D eigenvalue weighted by molar-refractivity contribution is 6.20. The number of hydrogen-bond donors (Lipinski definition) is 2. The third-order valence-corrected chi connectivity index (χ3v) is 5.62. The van der Waals surface area contributed by atoms with Crippen LogP contribution in [-0.2, 0) is 6.54 Å². The van der Waals surface area contributed by atoms with Crippen LogP contribution in [0.1, 0.15) is 6.42 Å². The van der Waals surface area contributed by atoms with E-state index >= 15 is 0 Å². The van der Waals surface area contributed by atoms with Crippen molar-refractivity contribution in [2.75, 3.05) is 6.61 Å². The fraction of sp³-hybridized carbons (Fsp3) is 0.130. The second-order valence-electron chi connectivity index (χ2n) is 7.58. The molecule has 0 unspecified atom stereocenters. The van der Waals surface area contributed by atoms with Gasteiger partial charge in [-0.25, -0.2) is 8.78 Å². The number of halogens is 2. The van der Waals surface area contributed by atoms with E-state index in [9.17, 15) is 8.78 Å². The Morgan fingerprint density at radius 2 is 1.35 bits per heavy atom. The molecule has 0 saturated carbocycles. The summed E-state index contributed by atoms with van der Waals surface area (Å²) in [6, 6.07) is 11.3. The molecular weight excluding hydrogens is 400 g/mol. The van der Waals surface area contributed by atoms with Gasteiger partial charge in [-0.3, -0.25) is 0 Å². The highest BCUT2D eigenvalue weighted by Crippen LogP contribution is 2.41. The SMILES string of the molecule is Fc1ccc2[nH]c3c(OCCCn4cnnc4)c4[nH]c5ccc(F)cc5c4cc3c2c1. The first-order valence-electron chi connectivity index (χ1n) is 9.97. The van der Waals surface area contributed by atoms with Crippen LogP contribution >= 0.6 is 0 Å². The number of aromatic amines is 2. The van der Waals surface area contributed by atoms with Crippen molar-refractivity contribution in [2.45, 2.75) is 13.0 Å². The van der Waals surface area contributed by atoms with Gasteiger partial charge in [0, 0.05) is 39.1 Å². The van der Waals surface area contributed by atoms with Gasteiger partial charge in [0.05, 0.1) is 17.6 Å². The topological polar surface area (TPSA) is 71.5 Å². The number of nitrogens with zero attached hydrogens (tertiary/aromatic N) is 3. The number of aromatic nitrogens is 5. The van der Waals surface area contributed by atoms with E-state index in [0.29, 0.717) is 12.4 Å². The van der Waals surface area contributed by atoms with Crippen LogP contribution in [0.2, 0.25) is 0 Å². The monoisotopic (exact) mass is 417 g/mol. The van der Waals surface area contributed by atoms with E-state index in [1.165, 1.54) is 24.3 Å². The summed E-state index contributed by atoms with van der Waals surface area (Å²) in [5.41, 5.74) is 3.19. The minimum atomic E-state index is -0.310. The number of rotatable bonds is 5. The Hall–Kier alpha value is -3.94. The average Bonchev–Trinajstić information content (AvgIpc) is 3.48. The number of benzene rings is 3. The Morgan fingerprint density at radius 1 is 0.774 bits per heavy atom. The summed E-state index contributed by atoms with van der Waals surface area (Å²) in [5.74, 6) is 0.0224. The largest absolute Gasteiger partial charge is 0.489 e. The third-order valence-electron chi connectivity index (χ3n) is 5.62. The molecule has 0 amide bonds. The summed E-state index contributed by atoms with van der Waals surface area (Å²) >= 11 is 0. The Balaban J connectivity index is 1.53. The molecule has 31 heavy (non-hydrogen) atoms. The highest BCUT2D eigenvalue weighted by Gasteiger charge is 2.18. The van der Waals surface area contributed by atoms with Gasteiger partial charge in [-0.1, -0.05) is 0 Å². The molecule has 0 spiro atoms. The predicted octanol–water partition coefficient (Wildman–Crippen LogP) is 5.29. The molecule has 0 atom stereocenters. The van der Waals surface area contributed by atoms with Crippen molar-refractivity contribution >= 4 is 43.6 Å². The first kappa shape index (κ1) is 17.9. The van der Waals surface area contributed by atoms with Gasteiger partial charge in [-0.2, -0.15) is 0 Å². The molecule has 0 saturated heterocycles. The van der Waals surface area contributed by atoms with E-state index in [-0.39, 0.29) is 11.6 Å². The molecule has 154 valence electrons.